The summed E-state index contributed by atoms with van der Waals surface area (Å²) >= 11 is 0. The highest BCUT2D eigenvalue weighted by Gasteiger charge is 2.42. The van der Waals surface area contributed by atoms with Crippen LogP contribution >= 0.6 is 24.8 Å². The maximum absolute atomic E-state index is 12.3. The molecule has 1 aromatic heterocycles. The number of rotatable bonds is 1. The maximum atomic E-state index is 12.3. The third-order valence-electron chi connectivity index (χ3n) is 4.36. The number of carbonyl (C=O) groups excluding carboxylic acids is 1. The molecule has 1 aromatic rings. The van der Waals surface area contributed by atoms with Gasteiger partial charge < -0.3 is 10.6 Å². The number of amides is 1. The first-order chi connectivity index (χ1) is 8.65. The van der Waals surface area contributed by atoms with E-state index in [2.05, 4.69) is 4.98 Å². The average molecular weight is 318 g/mol. The first-order valence-corrected chi connectivity index (χ1v) is 6.62. The third kappa shape index (κ3) is 3.08. The monoisotopic (exact) mass is 317 g/mol. The van der Waals surface area contributed by atoms with Crippen LogP contribution in [0.2, 0.25) is 0 Å². The molecule has 1 saturated carbocycles. The molecule has 0 aromatic carbocycles. The summed E-state index contributed by atoms with van der Waals surface area (Å²) in [5.41, 5.74) is 7.72. The van der Waals surface area contributed by atoms with Crippen molar-refractivity contribution in [2.24, 2.45) is 17.6 Å². The lowest BCUT2D eigenvalue weighted by atomic mass is 9.98. The smallest absolute Gasteiger partial charge is 0.255 e. The van der Waals surface area contributed by atoms with Gasteiger partial charge in [-0.3, -0.25) is 9.78 Å². The van der Waals surface area contributed by atoms with Crippen molar-refractivity contribution in [3.63, 3.8) is 0 Å². The van der Waals surface area contributed by atoms with Gasteiger partial charge in [0.15, 0.2) is 0 Å². The van der Waals surface area contributed by atoms with Gasteiger partial charge in [-0.15, -0.1) is 24.8 Å². The molecule has 1 aliphatic carbocycles. The molecule has 2 N–H and O–H groups in total. The minimum Gasteiger partial charge on any atom is -0.338 e. The number of nitrogens with zero attached hydrogens (tertiary/aromatic N) is 2. The Morgan fingerprint density at radius 2 is 2.05 bits per heavy atom. The average Bonchev–Trinajstić information content (AvgIpc) is 2.92. The second-order valence-corrected chi connectivity index (χ2v) is 5.56. The Bertz CT molecular complexity index is 466. The van der Waals surface area contributed by atoms with E-state index in [9.17, 15) is 4.79 Å². The normalized spacial score (nSPS) is 27.5. The molecule has 4 nitrogen and oxygen atoms in total. The summed E-state index contributed by atoms with van der Waals surface area (Å²) in [7, 11) is 0. The highest BCUT2D eigenvalue weighted by atomic mass is 35.5. The predicted molar refractivity (Wildman–Crippen MR) is 83.6 cm³/mol. The lowest BCUT2D eigenvalue weighted by Crippen LogP contribution is -2.33. The zero-order chi connectivity index (χ0) is 12.7. The largest absolute Gasteiger partial charge is 0.338 e. The molecule has 1 saturated heterocycles. The number of aromatic nitrogens is 1. The lowest BCUT2D eigenvalue weighted by Gasteiger charge is -2.18. The topological polar surface area (TPSA) is 59.2 Å². The van der Waals surface area contributed by atoms with Crippen LogP contribution in [0, 0.1) is 18.8 Å². The Balaban J connectivity index is 0.000001000. The van der Waals surface area contributed by atoms with E-state index in [0.717, 1.165) is 25.2 Å². The van der Waals surface area contributed by atoms with Gasteiger partial charge in [0, 0.05) is 31.0 Å². The van der Waals surface area contributed by atoms with Crippen LogP contribution in [-0.2, 0) is 0 Å². The van der Waals surface area contributed by atoms with E-state index >= 15 is 0 Å². The van der Waals surface area contributed by atoms with Crippen LogP contribution in [0.1, 0.15) is 28.9 Å². The van der Waals surface area contributed by atoms with Crippen LogP contribution in [0.15, 0.2) is 18.3 Å². The Morgan fingerprint density at radius 1 is 1.30 bits per heavy atom. The summed E-state index contributed by atoms with van der Waals surface area (Å²) < 4.78 is 0. The summed E-state index contributed by atoms with van der Waals surface area (Å²) in [6, 6.07) is 4.03. The number of pyridine rings is 1. The predicted octanol–water partition coefficient (Wildman–Crippen LogP) is 2.04. The van der Waals surface area contributed by atoms with Crippen LogP contribution < -0.4 is 5.73 Å². The fourth-order valence-electron chi connectivity index (χ4n) is 3.25. The number of likely N-dealkylation sites (tertiary alicyclic amines) is 1. The zero-order valence-corrected chi connectivity index (χ0v) is 13.1. The number of nitrogens with two attached hydrogens (primary N) is 1. The van der Waals surface area contributed by atoms with Gasteiger partial charge in [0.05, 0.1) is 5.56 Å². The summed E-state index contributed by atoms with van der Waals surface area (Å²) in [6.07, 6.45) is 3.96. The molecule has 0 bridgehead atoms. The van der Waals surface area contributed by atoms with E-state index in [-0.39, 0.29) is 36.8 Å². The number of hydrogen-bond acceptors (Lipinski definition) is 3. The third-order valence-corrected chi connectivity index (χ3v) is 4.36. The Kier molecular flexibility index (Phi) is 5.80. The number of hydrogen-bond donors (Lipinski definition) is 1. The van der Waals surface area contributed by atoms with Crippen molar-refractivity contribution < 1.29 is 4.79 Å². The minimum atomic E-state index is 0. The molecule has 2 heterocycles. The number of fused-ring (bicyclic) bond motifs is 1. The van der Waals surface area contributed by atoms with Crippen molar-refractivity contribution in [1.29, 1.82) is 0 Å². The molecule has 0 spiro atoms. The zero-order valence-electron chi connectivity index (χ0n) is 11.5. The maximum Gasteiger partial charge on any atom is 0.255 e. The molecule has 3 unspecified atom stereocenters. The van der Waals surface area contributed by atoms with Gasteiger partial charge in [-0.25, -0.2) is 0 Å². The Morgan fingerprint density at radius 3 is 2.65 bits per heavy atom. The van der Waals surface area contributed by atoms with Crippen LogP contribution in [0.5, 0.6) is 0 Å². The second-order valence-electron chi connectivity index (χ2n) is 5.56. The molecule has 3 rings (SSSR count). The van der Waals surface area contributed by atoms with E-state index in [1.165, 1.54) is 6.42 Å². The van der Waals surface area contributed by atoms with Crippen molar-refractivity contribution in [3.05, 3.63) is 29.6 Å². The summed E-state index contributed by atoms with van der Waals surface area (Å²) in [4.78, 5) is 18.5. The molecule has 3 atom stereocenters. The van der Waals surface area contributed by atoms with Crippen LogP contribution in [0.3, 0.4) is 0 Å². The molecule has 6 heteroatoms. The molecule has 112 valence electrons. The van der Waals surface area contributed by atoms with Crippen molar-refractivity contribution in [1.82, 2.24) is 9.88 Å². The van der Waals surface area contributed by atoms with Crippen LogP contribution in [0.4, 0.5) is 0 Å². The highest BCUT2D eigenvalue weighted by molar-refractivity contribution is 5.94. The van der Waals surface area contributed by atoms with Crippen molar-refractivity contribution in [3.8, 4) is 0 Å². The molecule has 2 fully saturated rings. The molecule has 2 aliphatic rings. The summed E-state index contributed by atoms with van der Waals surface area (Å²) in [5.74, 6) is 1.22. The molecule has 1 aliphatic heterocycles. The summed E-state index contributed by atoms with van der Waals surface area (Å²) in [5, 5.41) is 0. The first kappa shape index (κ1) is 17.2. The second kappa shape index (κ2) is 6.74. The fraction of sp³-hybridized carbons (Fsp3) is 0.571. The fourth-order valence-corrected chi connectivity index (χ4v) is 3.25. The van der Waals surface area contributed by atoms with Crippen molar-refractivity contribution >= 4 is 30.7 Å². The Labute approximate surface area is 131 Å². The SMILES string of the molecule is Cc1ccc(C(=O)N2CC3CCC(N)C3C2)cn1.Cl.Cl. The standard InChI is InChI=1S/C14H19N3O.2ClH/c1-9-2-3-10(6-16-9)14(18)17-7-11-4-5-13(15)12(11)8-17;;/h2-3,6,11-13H,4-5,7-8,15H2,1H3;2*1H. The van der Waals surface area contributed by atoms with E-state index in [1.54, 1.807) is 6.20 Å². The van der Waals surface area contributed by atoms with Crippen molar-refractivity contribution in [2.75, 3.05) is 13.1 Å². The molecule has 0 radical (unpaired) electrons. The number of aryl methyl sites for hydroxylation is 1. The molecular formula is C14H21Cl2N3O. The highest BCUT2D eigenvalue weighted by Crippen LogP contribution is 2.37. The van der Waals surface area contributed by atoms with E-state index in [4.69, 9.17) is 5.73 Å². The van der Waals surface area contributed by atoms with E-state index in [1.807, 2.05) is 24.0 Å². The summed E-state index contributed by atoms with van der Waals surface area (Å²) in [6.45, 7) is 3.61. The van der Waals surface area contributed by atoms with Crippen LogP contribution in [0.25, 0.3) is 0 Å². The molecule has 1 amide bonds. The Hall–Kier alpha value is -0.840. The number of carbonyl (C=O) groups is 1. The van der Waals surface area contributed by atoms with E-state index in [0.29, 0.717) is 17.4 Å². The lowest BCUT2D eigenvalue weighted by molar-refractivity contribution is 0.0779. The number of halogens is 2. The van der Waals surface area contributed by atoms with E-state index < -0.39 is 0 Å². The van der Waals surface area contributed by atoms with Crippen LogP contribution in [-0.4, -0.2) is 34.9 Å². The first-order valence-electron chi connectivity index (χ1n) is 6.62. The quantitative estimate of drug-likeness (QED) is 0.862. The van der Waals surface area contributed by atoms with Crippen molar-refractivity contribution in [2.45, 2.75) is 25.8 Å². The van der Waals surface area contributed by atoms with Gasteiger partial charge in [-0.05, 0) is 43.7 Å². The minimum absolute atomic E-state index is 0. The molecular weight excluding hydrogens is 297 g/mol. The van der Waals surface area contributed by atoms with Gasteiger partial charge in [0.25, 0.3) is 5.91 Å². The van der Waals surface area contributed by atoms with Gasteiger partial charge in [-0.2, -0.15) is 0 Å². The van der Waals surface area contributed by atoms with Gasteiger partial charge in [-0.1, -0.05) is 0 Å². The molecule has 20 heavy (non-hydrogen) atoms. The van der Waals surface area contributed by atoms with Gasteiger partial charge in [0.2, 0.25) is 0 Å². The van der Waals surface area contributed by atoms with Gasteiger partial charge in [0.1, 0.15) is 0 Å². The van der Waals surface area contributed by atoms with Gasteiger partial charge >= 0.3 is 0 Å².